The second-order valence-electron chi connectivity index (χ2n) is 6.91. The van der Waals surface area contributed by atoms with Gasteiger partial charge in [-0.05, 0) is 42.5 Å². The smallest absolute Gasteiger partial charge is 0.0358 e. The summed E-state index contributed by atoms with van der Waals surface area (Å²) in [4.78, 5) is 0. The van der Waals surface area contributed by atoms with Crippen molar-refractivity contribution in [2.24, 2.45) is 0 Å². The maximum absolute atomic E-state index is 3.44. The first-order valence-corrected chi connectivity index (χ1v) is 7.73. The van der Waals surface area contributed by atoms with Crippen molar-refractivity contribution in [2.45, 2.75) is 45.6 Å². The van der Waals surface area contributed by atoms with Gasteiger partial charge in [0.05, 0.1) is 0 Å². The highest BCUT2D eigenvalue weighted by Crippen LogP contribution is 2.25. The van der Waals surface area contributed by atoms with Crippen molar-refractivity contribution in [1.29, 1.82) is 0 Å². The predicted octanol–water partition coefficient (Wildman–Crippen LogP) is 4.80. The molecule has 0 amide bonds. The van der Waals surface area contributed by atoms with E-state index in [-0.39, 0.29) is 5.41 Å². The van der Waals surface area contributed by atoms with Gasteiger partial charge in [0.1, 0.15) is 0 Å². The molecule has 0 fully saturated rings. The molecule has 0 aliphatic rings. The molecule has 0 spiro atoms. The van der Waals surface area contributed by atoms with E-state index in [0.717, 1.165) is 6.42 Å². The lowest BCUT2D eigenvalue weighted by atomic mass is 9.86. The Morgan fingerprint density at radius 1 is 1.00 bits per heavy atom. The normalized spacial score (nSPS) is 13.2. The average Bonchev–Trinajstić information content (AvgIpc) is 2.44. The molecule has 1 heteroatoms. The Morgan fingerprint density at radius 3 is 2.19 bits per heavy atom. The van der Waals surface area contributed by atoms with E-state index in [4.69, 9.17) is 0 Å². The van der Waals surface area contributed by atoms with E-state index in [1.807, 2.05) is 7.05 Å². The number of hydrogen-bond donors (Lipinski definition) is 1. The summed E-state index contributed by atoms with van der Waals surface area (Å²) < 4.78 is 0. The van der Waals surface area contributed by atoms with Gasteiger partial charge in [0, 0.05) is 6.04 Å². The van der Waals surface area contributed by atoms with Crippen LogP contribution in [-0.2, 0) is 11.8 Å². The van der Waals surface area contributed by atoms with Crippen LogP contribution in [0.2, 0.25) is 0 Å². The zero-order valence-electron chi connectivity index (χ0n) is 13.9. The fraction of sp³-hybridized carbons (Fsp3) is 0.400. The van der Waals surface area contributed by atoms with Crippen molar-refractivity contribution in [1.82, 2.24) is 5.32 Å². The fourth-order valence-corrected chi connectivity index (χ4v) is 2.68. The van der Waals surface area contributed by atoms with Crippen molar-refractivity contribution in [3.05, 3.63) is 70.8 Å². The second kappa shape index (κ2) is 6.44. The third-order valence-corrected chi connectivity index (χ3v) is 4.05. The topological polar surface area (TPSA) is 12.0 Å². The van der Waals surface area contributed by atoms with Gasteiger partial charge in [0.25, 0.3) is 0 Å². The highest BCUT2D eigenvalue weighted by Gasteiger charge is 2.15. The summed E-state index contributed by atoms with van der Waals surface area (Å²) in [6.07, 6.45) is 1.02. The van der Waals surface area contributed by atoms with Gasteiger partial charge in [-0.3, -0.25) is 0 Å². The zero-order chi connectivity index (χ0) is 15.5. The lowest BCUT2D eigenvalue weighted by Crippen LogP contribution is -2.19. The van der Waals surface area contributed by atoms with Gasteiger partial charge >= 0.3 is 0 Å². The number of benzene rings is 2. The first-order valence-electron chi connectivity index (χ1n) is 7.73. The number of likely N-dealkylation sites (N-methyl/N-ethyl adjacent to an activating group) is 1. The molecule has 0 radical (unpaired) electrons. The SMILES string of the molecule is CNC(Cc1cccc(C)c1)c1ccc(C(C)(C)C)cc1. The van der Waals surface area contributed by atoms with Crippen LogP contribution in [0.3, 0.4) is 0 Å². The molecule has 1 unspecified atom stereocenters. The second-order valence-corrected chi connectivity index (χ2v) is 6.91. The lowest BCUT2D eigenvalue weighted by molar-refractivity contribution is 0.579. The quantitative estimate of drug-likeness (QED) is 0.849. The number of nitrogens with one attached hydrogen (secondary N) is 1. The molecule has 1 N–H and O–H groups in total. The van der Waals surface area contributed by atoms with E-state index in [2.05, 4.69) is 81.5 Å². The van der Waals surface area contributed by atoms with E-state index >= 15 is 0 Å². The minimum atomic E-state index is 0.213. The minimum Gasteiger partial charge on any atom is -0.313 e. The van der Waals surface area contributed by atoms with Crippen molar-refractivity contribution in [3.8, 4) is 0 Å². The van der Waals surface area contributed by atoms with E-state index in [1.54, 1.807) is 0 Å². The van der Waals surface area contributed by atoms with Crippen LogP contribution in [0.4, 0.5) is 0 Å². The van der Waals surface area contributed by atoms with Gasteiger partial charge < -0.3 is 5.32 Å². The average molecular weight is 281 g/mol. The van der Waals surface area contributed by atoms with Crippen LogP contribution in [0.15, 0.2) is 48.5 Å². The highest BCUT2D eigenvalue weighted by atomic mass is 14.9. The Morgan fingerprint density at radius 2 is 1.67 bits per heavy atom. The van der Waals surface area contributed by atoms with Crippen LogP contribution in [0.1, 0.15) is 49.1 Å². The molecule has 21 heavy (non-hydrogen) atoms. The molecule has 0 aliphatic carbocycles. The maximum atomic E-state index is 3.44. The van der Waals surface area contributed by atoms with Gasteiger partial charge in [0.15, 0.2) is 0 Å². The van der Waals surface area contributed by atoms with Crippen LogP contribution < -0.4 is 5.32 Å². The van der Waals surface area contributed by atoms with Gasteiger partial charge in [0.2, 0.25) is 0 Å². The van der Waals surface area contributed by atoms with Crippen LogP contribution in [-0.4, -0.2) is 7.05 Å². The molecule has 112 valence electrons. The van der Waals surface area contributed by atoms with Crippen LogP contribution in [0.25, 0.3) is 0 Å². The minimum absolute atomic E-state index is 0.213. The van der Waals surface area contributed by atoms with Crippen LogP contribution in [0, 0.1) is 6.92 Å². The van der Waals surface area contributed by atoms with Crippen molar-refractivity contribution < 1.29 is 0 Å². The third-order valence-electron chi connectivity index (χ3n) is 4.05. The fourth-order valence-electron chi connectivity index (χ4n) is 2.68. The third kappa shape index (κ3) is 4.18. The Hall–Kier alpha value is -1.60. The number of hydrogen-bond acceptors (Lipinski definition) is 1. The molecule has 2 rings (SSSR count). The molecule has 1 atom stereocenters. The number of aryl methyl sites for hydroxylation is 1. The predicted molar refractivity (Wildman–Crippen MR) is 91.8 cm³/mol. The Bertz CT molecular complexity index is 576. The van der Waals surface area contributed by atoms with Crippen LogP contribution >= 0.6 is 0 Å². The molecule has 1 nitrogen and oxygen atoms in total. The molecule has 2 aromatic carbocycles. The monoisotopic (exact) mass is 281 g/mol. The van der Waals surface area contributed by atoms with E-state index in [1.165, 1.54) is 22.3 Å². The summed E-state index contributed by atoms with van der Waals surface area (Å²) in [6, 6.07) is 18.2. The zero-order valence-corrected chi connectivity index (χ0v) is 13.9. The summed E-state index contributed by atoms with van der Waals surface area (Å²) in [7, 11) is 2.04. The van der Waals surface area contributed by atoms with Crippen molar-refractivity contribution in [3.63, 3.8) is 0 Å². The number of rotatable bonds is 4. The molecule has 0 saturated carbocycles. The lowest BCUT2D eigenvalue weighted by Gasteiger charge is -2.21. The molecule has 0 saturated heterocycles. The van der Waals surface area contributed by atoms with Gasteiger partial charge in [-0.25, -0.2) is 0 Å². The Balaban J connectivity index is 2.18. The van der Waals surface area contributed by atoms with Gasteiger partial charge in [-0.1, -0.05) is 74.9 Å². The van der Waals surface area contributed by atoms with Gasteiger partial charge in [-0.2, -0.15) is 0 Å². The Labute approximate surface area is 129 Å². The molecule has 0 bridgehead atoms. The molecular formula is C20H27N. The van der Waals surface area contributed by atoms with E-state index in [0.29, 0.717) is 6.04 Å². The Kier molecular flexibility index (Phi) is 4.84. The first-order chi connectivity index (χ1) is 9.90. The van der Waals surface area contributed by atoms with E-state index in [9.17, 15) is 0 Å². The molecule has 0 heterocycles. The largest absolute Gasteiger partial charge is 0.313 e. The molecule has 0 aromatic heterocycles. The molecule has 0 aliphatic heterocycles. The van der Waals surface area contributed by atoms with Gasteiger partial charge in [-0.15, -0.1) is 0 Å². The summed E-state index contributed by atoms with van der Waals surface area (Å²) in [5, 5.41) is 3.44. The molecular weight excluding hydrogens is 254 g/mol. The van der Waals surface area contributed by atoms with Crippen molar-refractivity contribution in [2.75, 3.05) is 7.05 Å². The first kappa shape index (κ1) is 15.8. The summed E-state index contributed by atoms with van der Waals surface area (Å²) in [5.41, 5.74) is 5.66. The highest BCUT2D eigenvalue weighted by molar-refractivity contribution is 5.31. The maximum Gasteiger partial charge on any atom is 0.0358 e. The standard InChI is InChI=1S/C20H27N/c1-15-7-6-8-16(13-15)14-19(21-5)17-9-11-18(12-10-17)20(2,3)4/h6-13,19,21H,14H2,1-5H3. The van der Waals surface area contributed by atoms with Crippen molar-refractivity contribution >= 4 is 0 Å². The summed E-state index contributed by atoms with van der Waals surface area (Å²) >= 11 is 0. The van der Waals surface area contributed by atoms with E-state index < -0.39 is 0 Å². The molecule has 2 aromatic rings. The summed E-state index contributed by atoms with van der Waals surface area (Å²) in [6.45, 7) is 8.91. The van der Waals surface area contributed by atoms with Crippen LogP contribution in [0.5, 0.6) is 0 Å². The summed E-state index contributed by atoms with van der Waals surface area (Å²) in [5.74, 6) is 0.